The average Bonchev–Trinajstić information content (AvgIpc) is 2.64. The predicted octanol–water partition coefficient (Wildman–Crippen LogP) is 4.72. The number of hydrogen-bond donors (Lipinski definition) is 1. The van der Waals surface area contributed by atoms with E-state index in [1.54, 1.807) is 12.1 Å². The van der Waals surface area contributed by atoms with Crippen LogP contribution in [0.25, 0.3) is 6.08 Å². The molecule has 0 bridgehead atoms. The highest BCUT2D eigenvalue weighted by Crippen LogP contribution is 2.22. The Morgan fingerprint density at radius 2 is 1.57 bits per heavy atom. The van der Waals surface area contributed by atoms with Gasteiger partial charge in [0.25, 0.3) is 0 Å². The van der Waals surface area contributed by atoms with E-state index in [1.807, 2.05) is 0 Å². The number of halogens is 3. The Morgan fingerprint density at radius 1 is 0.964 bits per heavy atom. The number of rotatable bonds is 8. The van der Waals surface area contributed by atoms with Gasteiger partial charge in [0.05, 0.1) is 12.2 Å². The van der Waals surface area contributed by atoms with E-state index in [9.17, 15) is 22.8 Å². The molecule has 0 fully saturated rings. The van der Waals surface area contributed by atoms with Crippen molar-refractivity contribution in [1.29, 1.82) is 0 Å². The molecule has 0 atom stereocenters. The molecule has 0 saturated heterocycles. The molecule has 0 unspecified atom stereocenters. The Bertz CT molecular complexity index is 824. The van der Waals surface area contributed by atoms with E-state index in [4.69, 9.17) is 14.6 Å². The number of carbonyl (C=O) groups is 2. The van der Waals surface area contributed by atoms with Crippen LogP contribution in [0.4, 0.5) is 13.2 Å². The summed E-state index contributed by atoms with van der Waals surface area (Å²) < 4.78 is 46.6. The fraction of sp³-hybridized carbons (Fsp3) is 0.200. The van der Waals surface area contributed by atoms with E-state index in [0.717, 1.165) is 6.08 Å². The number of ether oxygens (including phenoxy) is 2. The van der Waals surface area contributed by atoms with Gasteiger partial charge in [-0.1, -0.05) is 12.1 Å². The molecular weight excluding hydrogens is 377 g/mol. The number of carboxylic acid groups (broad SMARTS) is 1. The van der Waals surface area contributed by atoms with Gasteiger partial charge in [-0.3, -0.25) is 0 Å². The molecule has 2 aromatic rings. The van der Waals surface area contributed by atoms with Crippen LogP contribution < -0.4 is 9.47 Å². The molecule has 0 radical (unpaired) electrons. The lowest BCUT2D eigenvalue weighted by Crippen LogP contribution is -2.10. The second kappa shape index (κ2) is 9.59. The van der Waals surface area contributed by atoms with E-state index >= 15 is 0 Å². The van der Waals surface area contributed by atoms with Gasteiger partial charge in [0, 0.05) is 12.5 Å². The summed E-state index contributed by atoms with van der Waals surface area (Å²) in [6, 6.07) is 12.1. The summed E-state index contributed by atoms with van der Waals surface area (Å²) in [6.45, 7) is -0.0774. The van der Waals surface area contributed by atoms with Gasteiger partial charge in [0.15, 0.2) is 0 Å². The summed E-state index contributed by atoms with van der Waals surface area (Å²) in [5.74, 6) is -1.04. The van der Waals surface area contributed by atoms with Gasteiger partial charge in [-0.15, -0.1) is 0 Å². The zero-order valence-electron chi connectivity index (χ0n) is 14.6. The fourth-order valence-corrected chi connectivity index (χ4v) is 2.13. The van der Waals surface area contributed by atoms with Crippen molar-refractivity contribution in [2.45, 2.75) is 19.0 Å². The molecule has 2 aromatic carbocycles. The average molecular weight is 394 g/mol. The Labute approximate surface area is 159 Å². The molecule has 28 heavy (non-hydrogen) atoms. The molecule has 0 aliphatic carbocycles. The highest BCUT2D eigenvalue weighted by atomic mass is 19.4. The first-order valence-corrected chi connectivity index (χ1v) is 8.26. The highest BCUT2D eigenvalue weighted by molar-refractivity contribution is 5.91. The summed E-state index contributed by atoms with van der Waals surface area (Å²) >= 11 is 0. The summed E-state index contributed by atoms with van der Waals surface area (Å²) in [5, 5.41) is 8.58. The summed E-state index contributed by atoms with van der Waals surface area (Å²) in [6.07, 6.45) is -2.87. The maximum absolute atomic E-state index is 12.1. The lowest BCUT2D eigenvalue weighted by Gasteiger charge is -2.09. The van der Waals surface area contributed by atoms with E-state index < -0.39 is 24.5 Å². The molecule has 148 valence electrons. The molecular formula is C20H17F3O5. The first kappa shape index (κ1) is 21.0. The number of aliphatic carboxylic acids is 1. The maximum atomic E-state index is 12.1. The Balaban J connectivity index is 1.86. The molecule has 0 amide bonds. The van der Waals surface area contributed by atoms with Gasteiger partial charge in [-0.05, 0) is 54.5 Å². The van der Waals surface area contributed by atoms with E-state index in [1.165, 1.54) is 42.5 Å². The van der Waals surface area contributed by atoms with Crippen molar-refractivity contribution in [1.82, 2.24) is 0 Å². The Kier molecular flexibility index (Phi) is 7.20. The first-order chi connectivity index (χ1) is 13.2. The molecule has 0 aliphatic rings. The Morgan fingerprint density at radius 3 is 2.14 bits per heavy atom. The van der Waals surface area contributed by atoms with Crippen LogP contribution in [0.15, 0.2) is 54.6 Å². The third-order valence-corrected chi connectivity index (χ3v) is 3.47. The lowest BCUT2D eigenvalue weighted by atomic mass is 10.2. The Hall–Kier alpha value is -3.29. The van der Waals surface area contributed by atoms with Crippen molar-refractivity contribution in [3.63, 3.8) is 0 Å². The van der Waals surface area contributed by atoms with Gasteiger partial charge in [0.2, 0.25) is 0 Å². The van der Waals surface area contributed by atoms with Crippen LogP contribution in [-0.4, -0.2) is 29.8 Å². The van der Waals surface area contributed by atoms with Crippen LogP contribution in [0.3, 0.4) is 0 Å². The van der Waals surface area contributed by atoms with E-state index in [-0.39, 0.29) is 24.3 Å². The molecule has 0 heterocycles. The molecule has 2 rings (SSSR count). The third-order valence-electron chi connectivity index (χ3n) is 3.47. The predicted molar refractivity (Wildman–Crippen MR) is 95.3 cm³/mol. The smallest absolute Gasteiger partial charge is 0.389 e. The van der Waals surface area contributed by atoms with Crippen molar-refractivity contribution in [2.75, 3.05) is 6.61 Å². The van der Waals surface area contributed by atoms with Crippen LogP contribution in [0, 0.1) is 0 Å². The van der Waals surface area contributed by atoms with Gasteiger partial charge in [0.1, 0.15) is 11.5 Å². The zero-order valence-corrected chi connectivity index (χ0v) is 14.6. The van der Waals surface area contributed by atoms with E-state index in [2.05, 4.69) is 0 Å². The van der Waals surface area contributed by atoms with Crippen LogP contribution in [0.2, 0.25) is 0 Å². The standard InChI is InChI=1S/C20H17F3O5/c21-20(22,23)12-1-13-27-16-9-5-15(6-10-16)19(26)28-17-7-2-14(3-8-17)4-11-18(24)25/h2-11H,1,12-13H2,(H,24,25). The number of alkyl halides is 3. The minimum absolute atomic E-state index is 0.0774. The lowest BCUT2D eigenvalue weighted by molar-refractivity contribution is -0.136. The second-order valence-electron chi connectivity index (χ2n) is 5.72. The molecule has 0 aliphatic heterocycles. The first-order valence-electron chi connectivity index (χ1n) is 8.26. The van der Waals surface area contributed by atoms with Crippen molar-refractivity contribution in [3.05, 3.63) is 65.7 Å². The molecule has 0 aromatic heterocycles. The molecule has 8 heteroatoms. The van der Waals surface area contributed by atoms with Crippen molar-refractivity contribution >= 4 is 18.0 Å². The second-order valence-corrected chi connectivity index (χ2v) is 5.72. The van der Waals surface area contributed by atoms with E-state index in [0.29, 0.717) is 11.3 Å². The van der Waals surface area contributed by atoms with Crippen LogP contribution in [0.1, 0.15) is 28.8 Å². The summed E-state index contributed by atoms with van der Waals surface area (Å²) in [4.78, 5) is 22.6. The minimum atomic E-state index is -4.21. The third kappa shape index (κ3) is 7.53. The number of carbonyl (C=O) groups excluding carboxylic acids is 1. The minimum Gasteiger partial charge on any atom is -0.494 e. The highest BCUT2D eigenvalue weighted by Gasteiger charge is 2.26. The number of benzene rings is 2. The van der Waals surface area contributed by atoms with Gasteiger partial charge < -0.3 is 14.6 Å². The largest absolute Gasteiger partial charge is 0.494 e. The SMILES string of the molecule is O=C(O)C=Cc1ccc(OC(=O)c2ccc(OCCCC(F)(F)F)cc2)cc1. The number of hydrogen-bond acceptors (Lipinski definition) is 4. The fourth-order valence-electron chi connectivity index (χ4n) is 2.13. The quantitative estimate of drug-likeness (QED) is 0.303. The zero-order chi connectivity index (χ0) is 20.6. The van der Waals surface area contributed by atoms with Crippen LogP contribution >= 0.6 is 0 Å². The normalized spacial score (nSPS) is 11.4. The summed E-state index contributed by atoms with van der Waals surface area (Å²) in [5.41, 5.74) is 0.881. The maximum Gasteiger partial charge on any atom is 0.389 e. The topological polar surface area (TPSA) is 72.8 Å². The van der Waals surface area contributed by atoms with Gasteiger partial charge in [-0.2, -0.15) is 13.2 Å². The molecule has 1 N–H and O–H groups in total. The van der Waals surface area contributed by atoms with Gasteiger partial charge in [-0.25, -0.2) is 9.59 Å². The number of esters is 1. The monoisotopic (exact) mass is 394 g/mol. The van der Waals surface area contributed by atoms with Crippen LogP contribution in [-0.2, 0) is 4.79 Å². The number of carboxylic acids is 1. The summed E-state index contributed by atoms with van der Waals surface area (Å²) in [7, 11) is 0. The van der Waals surface area contributed by atoms with Crippen LogP contribution in [0.5, 0.6) is 11.5 Å². The molecule has 5 nitrogen and oxygen atoms in total. The van der Waals surface area contributed by atoms with Crippen molar-refractivity contribution < 1.29 is 37.3 Å². The molecule has 0 saturated carbocycles. The molecule has 0 spiro atoms. The van der Waals surface area contributed by atoms with Gasteiger partial charge >= 0.3 is 18.1 Å². The van der Waals surface area contributed by atoms with Crippen molar-refractivity contribution in [3.8, 4) is 11.5 Å². The van der Waals surface area contributed by atoms with Crippen molar-refractivity contribution in [2.24, 2.45) is 0 Å².